The minimum Gasteiger partial charge on any atom is -0.870 e. The van der Waals surface area contributed by atoms with Crippen LogP contribution in [0.3, 0.4) is 0 Å². The van der Waals surface area contributed by atoms with Gasteiger partial charge in [0.1, 0.15) is 0 Å². The summed E-state index contributed by atoms with van der Waals surface area (Å²) in [6.45, 7) is 0. The summed E-state index contributed by atoms with van der Waals surface area (Å²) in [4.78, 5) is 15.1. The van der Waals surface area contributed by atoms with Gasteiger partial charge >= 0.3 is 29.6 Å². The smallest absolute Gasteiger partial charge is 0.870 e. The van der Waals surface area contributed by atoms with Gasteiger partial charge in [-0.1, -0.05) is 29.0 Å². The molecule has 0 amide bonds. The standard InChI is InChI=1S/C12H7Cl2NO2.Na/c13-10-5-8(6-11(14)12(10)17)15-7-1-3-9(16)4-2-7;/h1-6,17H;/q;+1/p-1. The monoisotopic (exact) mass is 289 g/mol. The van der Waals surface area contributed by atoms with Crippen molar-refractivity contribution in [3.63, 3.8) is 0 Å². The summed E-state index contributed by atoms with van der Waals surface area (Å²) in [5, 5.41) is 11.3. The molecule has 1 aromatic rings. The summed E-state index contributed by atoms with van der Waals surface area (Å²) in [6, 6.07) is 2.86. The van der Waals surface area contributed by atoms with Crippen molar-refractivity contribution in [2.24, 2.45) is 4.99 Å². The SMILES string of the molecule is O=C1C=CC(=Nc2cc(Cl)c([O-])c(Cl)c2)C=C1.[Na+]. The molecule has 0 spiro atoms. The predicted molar refractivity (Wildman–Crippen MR) is 66.3 cm³/mol. The first-order valence-corrected chi connectivity index (χ1v) is 5.47. The second-order valence-corrected chi connectivity index (χ2v) is 4.16. The van der Waals surface area contributed by atoms with Crippen LogP contribution in [0.2, 0.25) is 10.0 Å². The Bertz CT molecular complexity index is 538. The van der Waals surface area contributed by atoms with Gasteiger partial charge in [0.15, 0.2) is 5.78 Å². The number of carbonyl (C=O) groups is 1. The van der Waals surface area contributed by atoms with Crippen LogP contribution in [0.4, 0.5) is 5.69 Å². The molecule has 86 valence electrons. The van der Waals surface area contributed by atoms with Gasteiger partial charge in [0.05, 0.1) is 11.4 Å². The van der Waals surface area contributed by atoms with Crippen LogP contribution in [-0.4, -0.2) is 11.5 Å². The van der Waals surface area contributed by atoms with Crippen LogP contribution in [0.25, 0.3) is 0 Å². The van der Waals surface area contributed by atoms with E-state index in [-0.39, 0.29) is 45.4 Å². The molecule has 0 heterocycles. The summed E-state index contributed by atoms with van der Waals surface area (Å²) < 4.78 is 0. The Labute approximate surface area is 136 Å². The molecule has 0 aromatic heterocycles. The summed E-state index contributed by atoms with van der Waals surface area (Å²) in [6.07, 6.45) is 5.97. The molecule has 2 rings (SSSR count). The molecule has 0 aliphatic heterocycles. The zero-order valence-corrected chi connectivity index (χ0v) is 13.0. The van der Waals surface area contributed by atoms with Crippen LogP contribution >= 0.6 is 23.2 Å². The van der Waals surface area contributed by atoms with Crippen molar-refractivity contribution in [3.05, 3.63) is 46.5 Å². The molecule has 3 nitrogen and oxygen atoms in total. The molecule has 0 saturated carbocycles. The molecule has 1 aromatic carbocycles. The van der Waals surface area contributed by atoms with Crippen LogP contribution in [0.5, 0.6) is 5.75 Å². The van der Waals surface area contributed by atoms with Gasteiger partial charge < -0.3 is 5.11 Å². The fourth-order valence-corrected chi connectivity index (χ4v) is 1.76. The number of hydrogen-bond acceptors (Lipinski definition) is 3. The molecule has 0 saturated heterocycles. The Kier molecular flexibility index (Phi) is 5.63. The first-order valence-electron chi connectivity index (χ1n) is 4.71. The van der Waals surface area contributed by atoms with Gasteiger partial charge in [-0.15, -0.1) is 0 Å². The number of hydrogen-bond donors (Lipinski definition) is 0. The molecule has 1 aliphatic carbocycles. The fraction of sp³-hybridized carbons (Fsp3) is 0. The first-order chi connectivity index (χ1) is 8.06. The molecule has 6 heteroatoms. The molecule has 0 N–H and O–H groups in total. The third kappa shape index (κ3) is 3.70. The Morgan fingerprint density at radius 2 is 1.50 bits per heavy atom. The second kappa shape index (κ2) is 6.55. The third-order valence-electron chi connectivity index (χ3n) is 2.08. The maximum Gasteiger partial charge on any atom is 1.00 e. The van der Waals surface area contributed by atoms with Crippen molar-refractivity contribution in [2.45, 2.75) is 0 Å². The molecule has 0 unspecified atom stereocenters. The minimum atomic E-state index is -0.415. The van der Waals surface area contributed by atoms with Crippen molar-refractivity contribution >= 4 is 40.4 Å². The molecule has 18 heavy (non-hydrogen) atoms. The number of carbonyl (C=O) groups excluding carboxylic acids is 1. The van der Waals surface area contributed by atoms with Gasteiger partial charge in [0, 0.05) is 10.0 Å². The van der Waals surface area contributed by atoms with E-state index in [1.165, 1.54) is 24.3 Å². The molecular weight excluding hydrogens is 284 g/mol. The van der Waals surface area contributed by atoms with Gasteiger partial charge in [-0.05, 0) is 36.4 Å². The van der Waals surface area contributed by atoms with Gasteiger partial charge in [0.25, 0.3) is 0 Å². The number of nitrogens with zero attached hydrogens (tertiary/aromatic N) is 1. The zero-order chi connectivity index (χ0) is 12.4. The van der Waals surface area contributed by atoms with E-state index in [2.05, 4.69) is 4.99 Å². The number of benzene rings is 1. The molecule has 1 aliphatic rings. The number of rotatable bonds is 1. The van der Waals surface area contributed by atoms with E-state index in [0.717, 1.165) is 0 Å². The molecule has 0 radical (unpaired) electrons. The number of allylic oxidation sites excluding steroid dienone is 4. The minimum absolute atomic E-state index is 0. The average Bonchev–Trinajstić information content (AvgIpc) is 2.29. The largest absolute Gasteiger partial charge is 1.00 e. The maximum atomic E-state index is 11.3. The summed E-state index contributed by atoms with van der Waals surface area (Å²) in [5.41, 5.74) is 1.06. The molecule has 0 bridgehead atoms. The summed E-state index contributed by atoms with van der Waals surface area (Å²) >= 11 is 11.4. The zero-order valence-electron chi connectivity index (χ0n) is 9.48. The molecular formula is C12H6Cl2NNaO2. The van der Waals surface area contributed by atoms with Crippen molar-refractivity contribution in [2.75, 3.05) is 0 Å². The summed E-state index contributed by atoms with van der Waals surface area (Å²) in [7, 11) is 0. The van der Waals surface area contributed by atoms with Crippen LogP contribution in [0.1, 0.15) is 0 Å². The Balaban J connectivity index is 0.00000162. The van der Waals surface area contributed by atoms with E-state index in [1.54, 1.807) is 12.2 Å². The van der Waals surface area contributed by atoms with Crippen LogP contribution in [-0.2, 0) is 4.79 Å². The molecule has 0 fully saturated rings. The van der Waals surface area contributed by atoms with Gasteiger partial charge in [0.2, 0.25) is 0 Å². The fourth-order valence-electron chi connectivity index (χ4n) is 1.28. The van der Waals surface area contributed by atoms with E-state index in [1.807, 2.05) is 0 Å². The normalized spacial score (nSPS) is 13.4. The van der Waals surface area contributed by atoms with E-state index in [4.69, 9.17) is 23.2 Å². The van der Waals surface area contributed by atoms with E-state index < -0.39 is 5.75 Å². The Hall–Kier alpha value is -0.580. The Morgan fingerprint density at radius 1 is 1.00 bits per heavy atom. The first kappa shape index (κ1) is 15.5. The van der Waals surface area contributed by atoms with Crippen molar-refractivity contribution in [3.8, 4) is 5.75 Å². The van der Waals surface area contributed by atoms with E-state index in [0.29, 0.717) is 11.4 Å². The van der Waals surface area contributed by atoms with Gasteiger partial charge in [-0.25, -0.2) is 4.99 Å². The van der Waals surface area contributed by atoms with Gasteiger partial charge in [-0.3, -0.25) is 4.79 Å². The van der Waals surface area contributed by atoms with E-state index >= 15 is 0 Å². The summed E-state index contributed by atoms with van der Waals surface area (Å²) in [5.74, 6) is -0.503. The average molecular weight is 290 g/mol. The number of aliphatic imine (C=N–C) groups is 1. The van der Waals surface area contributed by atoms with Crippen LogP contribution < -0.4 is 34.7 Å². The quantitative estimate of drug-likeness (QED) is 0.533. The van der Waals surface area contributed by atoms with Crippen molar-refractivity contribution in [1.29, 1.82) is 0 Å². The number of halogens is 2. The van der Waals surface area contributed by atoms with Crippen LogP contribution in [0, 0.1) is 0 Å². The second-order valence-electron chi connectivity index (χ2n) is 3.34. The maximum absolute atomic E-state index is 11.3. The topological polar surface area (TPSA) is 52.5 Å². The van der Waals surface area contributed by atoms with Crippen molar-refractivity contribution < 1.29 is 39.5 Å². The van der Waals surface area contributed by atoms with Crippen LogP contribution in [0.15, 0.2) is 41.4 Å². The third-order valence-corrected chi connectivity index (χ3v) is 2.64. The Morgan fingerprint density at radius 3 is 2.00 bits per heavy atom. The molecule has 0 atom stereocenters. The van der Waals surface area contributed by atoms with Gasteiger partial charge in [-0.2, -0.15) is 0 Å². The number of ketones is 1. The predicted octanol–water partition coefficient (Wildman–Crippen LogP) is -0.161. The van der Waals surface area contributed by atoms with E-state index in [9.17, 15) is 9.90 Å². The van der Waals surface area contributed by atoms with Crippen molar-refractivity contribution in [1.82, 2.24) is 0 Å².